The summed E-state index contributed by atoms with van der Waals surface area (Å²) >= 11 is 5.96. The second-order valence-corrected chi connectivity index (χ2v) is 4.08. The molecule has 0 saturated carbocycles. The summed E-state index contributed by atoms with van der Waals surface area (Å²) in [5.74, 6) is 0.0883. The molecule has 1 aliphatic rings. The fraction of sp³-hybridized carbons (Fsp3) is 0.364. The van der Waals surface area contributed by atoms with Gasteiger partial charge in [0, 0.05) is 24.2 Å². The summed E-state index contributed by atoms with van der Waals surface area (Å²) in [5.41, 5.74) is 3.42. The molecule has 3 heteroatoms. The van der Waals surface area contributed by atoms with Gasteiger partial charge >= 0.3 is 0 Å². The topological polar surface area (TPSA) is 20.3 Å². The third-order valence-electron chi connectivity index (χ3n) is 2.67. The van der Waals surface area contributed by atoms with Crippen LogP contribution in [0.15, 0.2) is 12.1 Å². The fourth-order valence-electron chi connectivity index (χ4n) is 1.99. The summed E-state index contributed by atoms with van der Waals surface area (Å²) in [4.78, 5) is 13.1. The van der Waals surface area contributed by atoms with Crippen LogP contribution in [0.25, 0.3) is 0 Å². The Bertz CT molecular complexity index is 401. The van der Waals surface area contributed by atoms with Crippen LogP contribution in [-0.2, 0) is 11.2 Å². The van der Waals surface area contributed by atoms with Crippen LogP contribution in [0, 0.1) is 6.92 Å². The van der Waals surface area contributed by atoms with E-state index in [0.717, 1.165) is 18.7 Å². The number of amides is 1. The van der Waals surface area contributed by atoms with E-state index in [1.54, 1.807) is 11.8 Å². The van der Waals surface area contributed by atoms with Gasteiger partial charge in [-0.05, 0) is 36.6 Å². The van der Waals surface area contributed by atoms with Gasteiger partial charge in [-0.15, -0.1) is 0 Å². The molecule has 1 amide bonds. The highest BCUT2D eigenvalue weighted by atomic mass is 35.5. The van der Waals surface area contributed by atoms with Crippen LogP contribution in [-0.4, -0.2) is 12.5 Å². The van der Waals surface area contributed by atoms with Gasteiger partial charge in [0.05, 0.1) is 0 Å². The molecule has 0 radical (unpaired) electrons. The highest BCUT2D eigenvalue weighted by molar-refractivity contribution is 6.31. The molecule has 0 atom stereocenters. The maximum absolute atomic E-state index is 11.3. The van der Waals surface area contributed by atoms with Crippen LogP contribution in [0.5, 0.6) is 0 Å². The first-order valence-electron chi connectivity index (χ1n) is 4.66. The van der Waals surface area contributed by atoms with E-state index in [1.807, 2.05) is 19.1 Å². The average Bonchev–Trinajstić information content (AvgIpc) is 2.47. The molecule has 0 aromatic heterocycles. The third kappa shape index (κ3) is 1.40. The van der Waals surface area contributed by atoms with Crippen LogP contribution < -0.4 is 4.90 Å². The molecule has 74 valence electrons. The number of carbonyl (C=O) groups is 1. The van der Waals surface area contributed by atoms with Crippen molar-refractivity contribution in [3.63, 3.8) is 0 Å². The van der Waals surface area contributed by atoms with Crippen molar-refractivity contribution >= 4 is 23.2 Å². The monoisotopic (exact) mass is 209 g/mol. The lowest BCUT2D eigenvalue weighted by Crippen LogP contribution is -2.25. The minimum Gasteiger partial charge on any atom is -0.312 e. The number of aryl methyl sites for hydroxylation is 1. The van der Waals surface area contributed by atoms with E-state index < -0.39 is 0 Å². The number of hydrogen-bond acceptors (Lipinski definition) is 1. The van der Waals surface area contributed by atoms with Crippen molar-refractivity contribution in [3.8, 4) is 0 Å². The summed E-state index contributed by atoms with van der Waals surface area (Å²) in [5, 5.41) is 0.703. The molecule has 0 aliphatic carbocycles. The molecule has 2 rings (SSSR count). The Hall–Kier alpha value is -1.02. The van der Waals surface area contributed by atoms with E-state index in [-0.39, 0.29) is 5.91 Å². The lowest BCUT2D eigenvalue weighted by Gasteiger charge is -2.15. The first kappa shape index (κ1) is 9.53. The maximum atomic E-state index is 11.3. The molecule has 1 aliphatic heterocycles. The number of benzene rings is 1. The summed E-state index contributed by atoms with van der Waals surface area (Å²) in [6.45, 7) is 4.41. The Balaban J connectivity index is 2.54. The smallest absolute Gasteiger partial charge is 0.223 e. The Morgan fingerprint density at radius 2 is 2.21 bits per heavy atom. The van der Waals surface area contributed by atoms with Gasteiger partial charge < -0.3 is 4.90 Å². The van der Waals surface area contributed by atoms with Crippen LogP contribution in [0.3, 0.4) is 0 Å². The molecular weight excluding hydrogens is 198 g/mol. The predicted octanol–water partition coefficient (Wildman–Crippen LogP) is 2.56. The number of hydrogen-bond donors (Lipinski definition) is 0. The highest BCUT2D eigenvalue weighted by Crippen LogP contribution is 2.33. The number of carbonyl (C=O) groups excluding carboxylic acids is 1. The highest BCUT2D eigenvalue weighted by Gasteiger charge is 2.23. The van der Waals surface area contributed by atoms with Crippen molar-refractivity contribution in [2.45, 2.75) is 20.3 Å². The van der Waals surface area contributed by atoms with Gasteiger partial charge in [0.15, 0.2) is 0 Å². The third-order valence-corrected chi connectivity index (χ3v) is 2.89. The average molecular weight is 210 g/mol. The van der Waals surface area contributed by atoms with Crippen LogP contribution in [0.2, 0.25) is 5.02 Å². The normalized spacial score (nSPS) is 14.4. The SMILES string of the molecule is CC(=O)N1CCc2c(C)cc(Cl)cc21. The predicted molar refractivity (Wildman–Crippen MR) is 57.9 cm³/mol. The van der Waals surface area contributed by atoms with E-state index in [4.69, 9.17) is 11.6 Å². The molecule has 0 N–H and O–H groups in total. The quantitative estimate of drug-likeness (QED) is 0.643. The molecular formula is C11H12ClNO. The Morgan fingerprint density at radius 1 is 1.50 bits per heavy atom. The standard InChI is InChI=1S/C11H12ClNO/c1-7-5-9(12)6-11-10(7)3-4-13(11)8(2)14/h5-6H,3-4H2,1-2H3. The van der Waals surface area contributed by atoms with Gasteiger partial charge in [0.1, 0.15) is 0 Å². The van der Waals surface area contributed by atoms with E-state index in [1.165, 1.54) is 11.1 Å². The van der Waals surface area contributed by atoms with Gasteiger partial charge in [-0.1, -0.05) is 11.6 Å². The molecule has 0 bridgehead atoms. The Morgan fingerprint density at radius 3 is 2.86 bits per heavy atom. The molecule has 2 nitrogen and oxygen atoms in total. The van der Waals surface area contributed by atoms with Crippen molar-refractivity contribution < 1.29 is 4.79 Å². The fourth-order valence-corrected chi connectivity index (χ4v) is 2.26. The van der Waals surface area contributed by atoms with Crippen molar-refractivity contribution in [1.82, 2.24) is 0 Å². The van der Waals surface area contributed by atoms with Crippen molar-refractivity contribution in [2.75, 3.05) is 11.4 Å². The number of rotatable bonds is 0. The lowest BCUT2D eigenvalue weighted by molar-refractivity contribution is -0.116. The minimum atomic E-state index is 0.0883. The Kier molecular flexibility index (Phi) is 2.23. The molecule has 0 unspecified atom stereocenters. The first-order valence-corrected chi connectivity index (χ1v) is 5.04. The van der Waals surface area contributed by atoms with Gasteiger partial charge in [0.2, 0.25) is 5.91 Å². The molecule has 0 spiro atoms. The first-order chi connectivity index (χ1) is 6.59. The number of anilines is 1. The Labute approximate surface area is 88.5 Å². The van der Waals surface area contributed by atoms with Gasteiger partial charge in [0.25, 0.3) is 0 Å². The number of fused-ring (bicyclic) bond motifs is 1. The van der Waals surface area contributed by atoms with Crippen LogP contribution >= 0.6 is 11.6 Å². The summed E-state index contributed by atoms with van der Waals surface area (Å²) in [6, 6.07) is 3.82. The maximum Gasteiger partial charge on any atom is 0.223 e. The zero-order valence-corrected chi connectivity index (χ0v) is 9.06. The van der Waals surface area contributed by atoms with Gasteiger partial charge in [-0.3, -0.25) is 4.79 Å². The van der Waals surface area contributed by atoms with Crippen LogP contribution in [0.1, 0.15) is 18.1 Å². The lowest BCUT2D eigenvalue weighted by atomic mass is 10.1. The summed E-state index contributed by atoms with van der Waals surface area (Å²) in [7, 11) is 0. The van der Waals surface area contributed by atoms with Crippen molar-refractivity contribution in [1.29, 1.82) is 0 Å². The molecule has 1 aromatic carbocycles. The zero-order valence-electron chi connectivity index (χ0n) is 8.30. The van der Waals surface area contributed by atoms with E-state index in [2.05, 4.69) is 0 Å². The largest absolute Gasteiger partial charge is 0.312 e. The van der Waals surface area contributed by atoms with Gasteiger partial charge in [-0.25, -0.2) is 0 Å². The van der Waals surface area contributed by atoms with Crippen molar-refractivity contribution in [2.24, 2.45) is 0 Å². The zero-order chi connectivity index (χ0) is 10.3. The second-order valence-electron chi connectivity index (χ2n) is 3.64. The van der Waals surface area contributed by atoms with Gasteiger partial charge in [-0.2, -0.15) is 0 Å². The van der Waals surface area contributed by atoms with Crippen molar-refractivity contribution in [3.05, 3.63) is 28.3 Å². The molecule has 0 fully saturated rings. The van der Waals surface area contributed by atoms with E-state index >= 15 is 0 Å². The summed E-state index contributed by atoms with van der Waals surface area (Å²) < 4.78 is 0. The second kappa shape index (κ2) is 3.28. The van der Waals surface area contributed by atoms with E-state index in [0.29, 0.717) is 5.02 Å². The van der Waals surface area contributed by atoms with E-state index in [9.17, 15) is 4.79 Å². The van der Waals surface area contributed by atoms with Crippen LogP contribution in [0.4, 0.5) is 5.69 Å². The summed E-state index contributed by atoms with van der Waals surface area (Å²) in [6.07, 6.45) is 0.942. The number of halogens is 1. The molecule has 1 aromatic rings. The molecule has 14 heavy (non-hydrogen) atoms. The molecule has 0 saturated heterocycles. The molecule has 1 heterocycles. The number of nitrogens with zero attached hydrogens (tertiary/aromatic N) is 1. The minimum absolute atomic E-state index is 0.0883.